The first-order chi connectivity index (χ1) is 12.4. The van der Waals surface area contributed by atoms with E-state index in [1.165, 1.54) is 12.1 Å². The molecule has 0 fully saturated rings. The van der Waals surface area contributed by atoms with E-state index < -0.39 is 23.7 Å². The second-order valence-corrected chi connectivity index (χ2v) is 6.23. The first kappa shape index (κ1) is 19.8. The lowest BCUT2D eigenvalue weighted by atomic mass is 10.1. The lowest BCUT2D eigenvalue weighted by Gasteiger charge is -2.20. The summed E-state index contributed by atoms with van der Waals surface area (Å²) in [5, 5.41) is 5.77. The second-order valence-electron chi connectivity index (χ2n) is 6.23. The van der Waals surface area contributed by atoms with Gasteiger partial charge in [-0.15, -0.1) is 0 Å². The van der Waals surface area contributed by atoms with Crippen LogP contribution >= 0.6 is 0 Å². The fraction of sp³-hybridized carbons (Fsp3) is 0.350. The summed E-state index contributed by atoms with van der Waals surface area (Å²) in [7, 11) is 0. The van der Waals surface area contributed by atoms with Gasteiger partial charge in [0.25, 0.3) is 0 Å². The van der Waals surface area contributed by atoms with Crippen molar-refractivity contribution >= 4 is 5.91 Å². The predicted molar refractivity (Wildman–Crippen MR) is 97.1 cm³/mol. The molecule has 0 bridgehead atoms. The Hall–Kier alpha value is -2.47. The largest absolute Gasteiger partial charge is 0.492 e. The summed E-state index contributed by atoms with van der Waals surface area (Å²) in [5.41, 5.74) is 1.42. The van der Waals surface area contributed by atoms with Crippen LogP contribution < -0.4 is 15.4 Å². The molecule has 0 aliphatic carbocycles. The molecule has 6 heteroatoms. The molecule has 0 aliphatic rings. The van der Waals surface area contributed by atoms with E-state index in [-0.39, 0.29) is 5.91 Å². The lowest BCUT2D eigenvalue weighted by Crippen LogP contribution is -2.44. The third-order valence-corrected chi connectivity index (χ3v) is 3.98. The molecule has 0 heterocycles. The molecule has 2 aromatic rings. The Morgan fingerprint density at radius 2 is 1.92 bits per heavy atom. The molecule has 26 heavy (non-hydrogen) atoms. The zero-order valence-electron chi connectivity index (χ0n) is 15.2. The normalized spacial score (nSPS) is 13.1. The highest BCUT2D eigenvalue weighted by Gasteiger charge is 2.18. The number of carbonyl (C=O) groups is 1. The minimum Gasteiger partial charge on any atom is -0.492 e. The number of halogens is 2. The molecular weight excluding hydrogens is 338 g/mol. The molecule has 2 aromatic carbocycles. The zero-order chi connectivity index (χ0) is 19.1. The summed E-state index contributed by atoms with van der Waals surface area (Å²) < 4.78 is 32.4. The molecule has 0 saturated heterocycles. The highest BCUT2D eigenvalue weighted by atomic mass is 19.1. The number of hydrogen-bond acceptors (Lipinski definition) is 3. The van der Waals surface area contributed by atoms with Gasteiger partial charge in [0.15, 0.2) is 0 Å². The van der Waals surface area contributed by atoms with E-state index in [9.17, 15) is 13.6 Å². The molecule has 0 radical (unpaired) electrons. The van der Waals surface area contributed by atoms with Gasteiger partial charge in [-0.05, 0) is 44.5 Å². The van der Waals surface area contributed by atoms with Crippen LogP contribution in [0.3, 0.4) is 0 Å². The Morgan fingerprint density at radius 3 is 2.62 bits per heavy atom. The predicted octanol–water partition coefficient (Wildman–Crippen LogP) is 3.51. The molecule has 2 atom stereocenters. The van der Waals surface area contributed by atoms with Crippen LogP contribution in [0.4, 0.5) is 8.78 Å². The molecule has 0 aromatic heterocycles. The van der Waals surface area contributed by atoms with Crippen molar-refractivity contribution in [3.8, 4) is 5.75 Å². The molecule has 0 aliphatic heterocycles. The summed E-state index contributed by atoms with van der Waals surface area (Å²) >= 11 is 0. The van der Waals surface area contributed by atoms with Crippen LogP contribution in [0.25, 0.3) is 0 Å². The summed E-state index contributed by atoms with van der Waals surface area (Å²) in [5.74, 6) is -0.722. The van der Waals surface area contributed by atoms with Crippen molar-refractivity contribution in [2.24, 2.45) is 0 Å². The maximum absolute atomic E-state index is 13.8. The number of nitrogens with one attached hydrogen (secondary N) is 2. The van der Waals surface area contributed by atoms with E-state index in [1.54, 1.807) is 13.8 Å². The maximum Gasteiger partial charge on any atom is 0.236 e. The molecule has 4 nitrogen and oxygen atoms in total. The smallest absolute Gasteiger partial charge is 0.236 e. The van der Waals surface area contributed by atoms with Crippen LogP contribution in [0.1, 0.15) is 31.0 Å². The van der Waals surface area contributed by atoms with Gasteiger partial charge in [-0.1, -0.05) is 18.2 Å². The Balaban J connectivity index is 1.76. The number of aryl methyl sites for hydroxylation is 1. The number of ether oxygens (including phenoxy) is 1. The fourth-order valence-electron chi connectivity index (χ4n) is 2.59. The number of amides is 1. The van der Waals surface area contributed by atoms with Crippen molar-refractivity contribution in [3.05, 3.63) is 65.2 Å². The van der Waals surface area contributed by atoms with Crippen molar-refractivity contribution in [2.75, 3.05) is 13.2 Å². The minimum absolute atomic E-state index is 0.216. The monoisotopic (exact) mass is 362 g/mol. The van der Waals surface area contributed by atoms with Crippen LogP contribution in [-0.4, -0.2) is 25.1 Å². The molecule has 0 saturated carbocycles. The Kier molecular flexibility index (Phi) is 7.09. The van der Waals surface area contributed by atoms with Gasteiger partial charge in [0, 0.05) is 17.7 Å². The molecular formula is C20H24F2N2O2. The summed E-state index contributed by atoms with van der Waals surface area (Å²) in [6, 6.07) is 10.1. The van der Waals surface area contributed by atoms with Gasteiger partial charge in [0.05, 0.1) is 12.6 Å². The molecule has 2 N–H and O–H groups in total. The van der Waals surface area contributed by atoms with E-state index >= 15 is 0 Å². The standard InChI is InChI=1S/C20H24F2N2O2/c1-13-5-4-6-17(11-13)26-10-9-23-20(25)15(3)24-14(2)18-8-7-16(21)12-19(18)22/h4-8,11-12,14-15,24H,9-10H2,1-3H3,(H,23,25). The van der Waals surface area contributed by atoms with E-state index in [0.29, 0.717) is 18.7 Å². The highest BCUT2D eigenvalue weighted by Crippen LogP contribution is 2.18. The van der Waals surface area contributed by atoms with Crippen molar-refractivity contribution in [1.82, 2.24) is 10.6 Å². The molecule has 2 rings (SSSR count). The summed E-state index contributed by atoms with van der Waals surface area (Å²) in [6.45, 7) is 6.10. The third kappa shape index (κ3) is 5.81. The maximum atomic E-state index is 13.8. The number of benzene rings is 2. The second kappa shape index (κ2) is 9.29. The van der Waals surface area contributed by atoms with E-state index in [1.807, 2.05) is 31.2 Å². The Bertz CT molecular complexity index is 752. The van der Waals surface area contributed by atoms with Crippen molar-refractivity contribution in [2.45, 2.75) is 32.9 Å². The molecule has 0 spiro atoms. The van der Waals surface area contributed by atoms with Crippen LogP contribution in [0, 0.1) is 18.6 Å². The van der Waals surface area contributed by atoms with Gasteiger partial charge in [-0.2, -0.15) is 0 Å². The average molecular weight is 362 g/mol. The first-order valence-corrected chi connectivity index (χ1v) is 8.55. The van der Waals surface area contributed by atoms with Gasteiger partial charge in [0.1, 0.15) is 24.0 Å². The number of hydrogen-bond donors (Lipinski definition) is 2. The summed E-state index contributed by atoms with van der Waals surface area (Å²) in [6.07, 6.45) is 0. The third-order valence-electron chi connectivity index (χ3n) is 3.98. The highest BCUT2D eigenvalue weighted by molar-refractivity contribution is 5.81. The summed E-state index contributed by atoms with van der Waals surface area (Å²) in [4.78, 5) is 12.1. The van der Waals surface area contributed by atoms with Crippen LogP contribution in [-0.2, 0) is 4.79 Å². The SMILES string of the molecule is Cc1cccc(OCCNC(=O)C(C)NC(C)c2ccc(F)cc2F)c1. The number of carbonyl (C=O) groups excluding carboxylic acids is 1. The van der Waals surface area contributed by atoms with Crippen LogP contribution in [0.5, 0.6) is 5.75 Å². The minimum atomic E-state index is -0.635. The van der Waals surface area contributed by atoms with Crippen LogP contribution in [0.15, 0.2) is 42.5 Å². The van der Waals surface area contributed by atoms with Crippen molar-refractivity contribution < 1.29 is 18.3 Å². The van der Waals surface area contributed by atoms with Crippen LogP contribution in [0.2, 0.25) is 0 Å². The van der Waals surface area contributed by atoms with Gasteiger partial charge < -0.3 is 10.1 Å². The van der Waals surface area contributed by atoms with Gasteiger partial charge in [-0.25, -0.2) is 8.78 Å². The molecule has 140 valence electrons. The lowest BCUT2D eigenvalue weighted by molar-refractivity contribution is -0.123. The average Bonchev–Trinajstić information content (AvgIpc) is 2.58. The van der Waals surface area contributed by atoms with E-state index in [4.69, 9.17) is 4.74 Å². The van der Waals surface area contributed by atoms with Crippen molar-refractivity contribution in [1.29, 1.82) is 0 Å². The van der Waals surface area contributed by atoms with E-state index in [2.05, 4.69) is 10.6 Å². The van der Waals surface area contributed by atoms with Gasteiger partial charge in [-0.3, -0.25) is 10.1 Å². The molecule has 1 amide bonds. The quantitative estimate of drug-likeness (QED) is 0.707. The Morgan fingerprint density at radius 1 is 1.15 bits per heavy atom. The number of rotatable bonds is 8. The van der Waals surface area contributed by atoms with Gasteiger partial charge >= 0.3 is 0 Å². The van der Waals surface area contributed by atoms with E-state index in [0.717, 1.165) is 17.4 Å². The first-order valence-electron chi connectivity index (χ1n) is 8.55. The Labute approximate surface area is 152 Å². The van der Waals surface area contributed by atoms with Crippen molar-refractivity contribution in [3.63, 3.8) is 0 Å². The zero-order valence-corrected chi connectivity index (χ0v) is 15.2. The molecule has 2 unspecified atom stereocenters. The fourth-order valence-corrected chi connectivity index (χ4v) is 2.59. The van der Waals surface area contributed by atoms with Gasteiger partial charge in [0.2, 0.25) is 5.91 Å². The topological polar surface area (TPSA) is 50.4 Å².